The highest BCUT2D eigenvalue weighted by Crippen LogP contribution is 2.31. The summed E-state index contributed by atoms with van der Waals surface area (Å²) in [6.45, 7) is 0. The third-order valence-corrected chi connectivity index (χ3v) is 6.68. The van der Waals surface area contributed by atoms with E-state index in [1.165, 1.54) is 28.3 Å². The second-order valence-electron chi connectivity index (χ2n) is 7.33. The number of nitrogens with one attached hydrogen (secondary N) is 1. The van der Waals surface area contributed by atoms with Gasteiger partial charge in [0.1, 0.15) is 0 Å². The molecule has 2 aromatic heterocycles. The molecular formula is C22H20ClN3O3S. The normalized spacial score (nSPS) is 18.3. The van der Waals surface area contributed by atoms with E-state index in [9.17, 15) is 14.4 Å². The number of hydrogen-bond acceptors (Lipinski definition) is 5. The maximum absolute atomic E-state index is 12.7. The second-order valence-corrected chi connectivity index (χ2v) is 9.05. The van der Waals surface area contributed by atoms with Crippen molar-refractivity contribution in [3.8, 4) is 5.69 Å². The minimum Gasteiger partial charge on any atom is -0.349 e. The number of benzene rings is 1. The van der Waals surface area contributed by atoms with Gasteiger partial charge < -0.3 is 5.32 Å². The number of ketones is 1. The van der Waals surface area contributed by atoms with E-state index in [2.05, 4.69) is 10.3 Å². The van der Waals surface area contributed by atoms with Gasteiger partial charge in [-0.2, -0.15) is 0 Å². The van der Waals surface area contributed by atoms with E-state index < -0.39 is 0 Å². The Balaban J connectivity index is 1.41. The van der Waals surface area contributed by atoms with Gasteiger partial charge in [0.25, 0.3) is 11.5 Å². The smallest absolute Gasteiger partial charge is 0.273 e. The molecule has 2 unspecified atom stereocenters. The second kappa shape index (κ2) is 8.93. The van der Waals surface area contributed by atoms with E-state index in [-0.39, 0.29) is 29.2 Å². The molecule has 1 fully saturated rings. The van der Waals surface area contributed by atoms with Crippen LogP contribution in [0.3, 0.4) is 0 Å². The average Bonchev–Trinajstić information content (AvgIpc) is 3.37. The van der Waals surface area contributed by atoms with Crippen molar-refractivity contribution in [3.05, 3.63) is 80.1 Å². The van der Waals surface area contributed by atoms with Gasteiger partial charge in [0.05, 0.1) is 15.4 Å². The number of carbonyl (C=O) groups excluding carboxylic acids is 2. The Labute approximate surface area is 182 Å². The molecule has 1 N–H and O–H groups in total. The summed E-state index contributed by atoms with van der Waals surface area (Å²) in [5, 5.41) is 3.09. The number of thiophene rings is 1. The zero-order chi connectivity index (χ0) is 21.1. The Hall–Kier alpha value is -2.77. The number of aromatic nitrogens is 2. The quantitative estimate of drug-likeness (QED) is 0.583. The molecule has 1 aliphatic carbocycles. The van der Waals surface area contributed by atoms with Gasteiger partial charge in [-0.1, -0.05) is 18.0 Å². The van der Waals surface area contributed by atoms with Crippen molar-refractivity contribution in [1.82, 2.24) is 14.9 Å². The summed E-state index contributed by atoms with van der Waals surface area (Å²) < 4.78 is 2.07. The lowest BCUT2D eigenvalue weighted by Gasteiger charge is -2.20. The van der Waals surface area contributed by atoms with Crippen LogP contribution >= 0.6 is 22.9 Å². The molecule has 1 aromatic carbocycles. The van der Waals surface area contributed by atoms with Crippen molar-refractivity contribution in [2.45, 2.75) is 31.7 Å². The van der Waals surface area contributed by atoms with Crippen molar-refractivity contribution < 1.29 is 9.59 Å². The molecule has 0 spiro atoms. The lowest BCUT2D eigenvalue weighted by Crippen LogP contribution is -2.38. The SMILES string of the molecule is O=C(NC1CCCC1CC(=O)c1ccc(Cl)s1)c1ccc(-n2ccncc2=O)cc1. The molecular weight excluding hydrogens is 422 g/mol. The lowest BCUT2D eigenvalue weighted by molar-refractivity contribution is 0.0898. The molecule has 4 rings (SSSR count). The Morgan fingerprint density at radius 1 is 1.17 bits per heavy atom. The van der Waals surface area contributed by atoms with Gasteiger partial charge in [0, 0.05) is 36.1 Å². The number of Topliss-reactive ketones (excluding diaryl/α,β-unsaturated/α-hetero) is 1. The van der Waals surface area contributed by atoms with Crippen LogP contribution in [0.2, 0.25) is 4.34 Å². The van der Waals surface area contributed by atoms with E-state index in [1.807, 2.05) is 0 Å². The number of nitrogens with zero attached hydrogens (tertiary/aromatic N) is 2. The molecule has 6 nitrogen and oxygen atoms in total. The van der Waals surface area contributed by atoms with Crippen molar-refractivity contribution in [2.75, 3.05) is 0 Å². The van der Waals surface area contributed by atoms with Gasteiger partial charge in [-0.15, -0.1) is 11.3 Å². The van der Waals surface area contributed by atoms with E-state index in [4.69, 9.17) is 11.6 Å². The fourth-order valence-corrected chi connectivity index (χ4v) is 4.85. The Bertz CT molecular complexity index is 1120. The minimum absolute atomic E-state index is 0.0284. The van der Waals surface area contributed by atoms with Crippen molar-refractivity contribution >= 4 is 34.6 Å². The molecule has 0 radical (unpaired) electrons. The summed E-state index contributed by atoms with van der Waals surface area (Å²) in [5.41, 5.74) is 0.945. The topological polar surface area (TPSA) is 81.1 Å². The molecule has 1 saturated carbocycles. The van der Waals surface area contributed by atoms with E-state index in [1.54, 1.807) is 42.6 Å². The number of rotatable bonds is 6. The maximum Gasteiger partial charge on any atom is 0.273 e. The van der Waals surface area contributed by atoms with Gasteiger partial charge in [-0.05, 0) is 55.2 Å². The minimum atomic E-state index is -0.236. The average molecular weight is 442 g/mol. The highest BCUT2D eigenvalue weighted by Gasteiger charge is 2.31. The third kappa shape index (κ3) is 4.52. The van der Waals surface area contributed by atoms with Crippen LogP contribution in [0.25, 0.3) is 5.69 Å². The first-order chi connectivity index (χ1) is 14.5. The standard InChI is InChI=1S/C22H20ClN3O3S/c23-20-9-8-19(30-20)18(27)12-15-2-1-3-17(15)25-22(29)14-4-6-16(7-5-14)26-11-10-24-13-21(26)28/h4-11,13,15,17H,1-3,12H2,(H,25,29). The number of hydrogen-bond donors (Lipinski definition) is 1. The summed E-state index contributed by atoms with van der Waals surface area (Å²) in [4.78, 5) is 41.6. The van der Waals surface area contributed by atoms with Crippen LogP contribution in [0, 0.1) is 5.92 Å². The van der Waals surface area contributed by atoms with Crippen molar-refractivity contribution in [1.29, 1.82) is 0 Å². The highest BCUT2D eigenvalue weighted by molar-refractivity contribution is 7.18. The zero-order valence-corrected chi connectivity index (χ0v) is 17.7. The molecule has 2 atom stereocenters. The first-order valence-electron chi connectivity index (χ1n) is 9.74. The largest absolute Gasteiger partial charge is 0.349 e. The van der Waals surface area contributed by atoms with Crippen LogP contribution in [0.4, 0.5) is 0 Å². The van der Waals surface area contributed by atoms with Crippen LogP contribution in [-0.2, 0) is 0 Å². The third-order valence-electron chi connectivity index (χ3n) is 5.40. The van der Waals surface area contributed by atoms with Crippen LogP contribution in [-0.4, -0.2) is 27.3 Å². The Morgan fingerprint density at radius 2 is 1.97 bits per heavy atom. The molecule has 1 aliphatic rings. The zero-order valence-electron chi connectivity index (χ0n) is 16.1. The maximum atomic E-state index is 12.7. The van der Waals surface area contributed by atoms with E-state index in [0.29, 0.717) is 26.9 Å². The summed E-state index contributed by atoms with van der Waals surface area (Å²) in [7, 11) is 0. The highest BCUT2D eigenvalue weighted by atomic mass is 35.5. The molecule has 0 bridgehead atoms. The molecule has 30 heavy (non-hydrogen) atoms. The number of amides is 1. The predicted octanol–water partition coefficient (Wildman–Crippen LogP) is 4.12. The van der Waals surface area contributed by atoms with Gasteiger partial charge in [0.2, 0.25) is 0 Å². The first kappa shape index (κ1) is 20.5. The van der Waals surface area contributed by atoms with Gasteiger partial charge >= 0.3 is 0 Å². The molecule has 0 saturated heterocycles. The van der Waals surface area contributed by atoms with Crippen molar-refractivity contribution in [3.63, 3.8) is 0 Å². The monoisotopic (exact) mass is 441 g/mol. The molecule has 2 heterocycles. The lowest BCUT2D eigenvalue weighted by atomic mass is 9.96. The van der Waals surface area contributed by atoms with Crippen LogP contribution in [0.5, 0.6) is 0 Å². The molecule has 154 valence electrons. The van der Waals surface area contributed by atoms with Gasteiger partial charge in [-0.25, -0.2) is 0 Å². The fourth-order valence-electron chi connectivity index (χ4n) is 3.86. The number of carbonyl (C=O) groups is 2. The molecule has 3 aromatic rings. The molecule has 0 aliphatic heterocycles. The van der Waals surface area contributed by atoms with Gasteiger partial charge in [-0.3, -0.25) is 23.9 Å². The summed E-state index contributed by atoms with van der Waals surface area (Å²) in [6, 6.07) is 10.3. The Kier molecular flexibility index (Phi) is 6.11. The Morgan fingerprint density at radius 3 is 2.67 bits per heavy atom. The predicted molar refractivity (Wildman–Crippen MR) is 117 cm³/mol. The van der Waals surface area contributed by atoms with Crippen molar-refractivity contribution in [2.24, 2.45) is 5.92 Å². The summed E-state index contributed by atoms with van der Waals surface area (Å²) in [6.07, 6.45) is 7.53. The van der Waals surface area contributed by atoms with Crippen LogP contribution < -0.4 is 10.9 Å². The van der Waals surface area contributed by atoms with E-state index in [0.717, 1.165) is 19.3 Å². The number of halogens is 1. The molecule has 8 heteroatoms. The van der Waals surface area contributed by atoms with E-state index >= 15 is 0 Å². The van der Waals surface area contributed by atoms with Crippen LogP contribution in [0.1, 0.15) is 45.7 Å². The summed E-state index contributed by atoms with van der Waals surface area (Å²) >= 11 is 7.22. The fraction of sp³-hybridized carbons (Fsp3) is 0.273. The first-order valence-corrected chi connectivity index (χ1v) is 10.9. The molecule has 1 amide bonds. The van der Waals surface area contributed by atoms with Crippen LogP contribution in [0.15, 0.2) is 59.8 Å². The van der Waals surface area contributed by atoms with Gasteiger partial charge in [0.15, 0.2) is 5.78 Å². The summed E-state index contributed by atoms with van der Waals surface area (Å²) in [5.74, 6) is 0.0225.